The summed E-state index contributed by atoms with van der Waals surface area (Å²) in [5, 5.41) is 11.4. The second-order valence-electron chi connectivity index (χ2n) is 12.0. The van der Waals surface area contributed by atoms with Crippen LogP contribution in [0, 0.1) is 11.3 Å². The minimum Gasteiger partial charge on any atom is -0.481 e. The number of rotatable bonds is 7. The van der Waals surface area contributed by atoms with Gasteiger partial charge in [0.05, 0.1) is 18.0 Å². The Morgan fingerprint density at radius 3 is 2.37 bits per heavy atom. The van der Waals surface area contributed by atoms with E-state index in [0.717, 1.165) is 25.0 Å². The first kappa shape index (κ1) is 30.3. The number of aliphatic imine (C=N–C) groups is 1. The van der Waals surface area contributed by atoms with E-state index in [1.54, 1.807) is 29.2 Å². The fourth-order valence-corrected chi connectivity index (χ4v) is 5.95. The van der Waals surface area contributed by atoms with E-state index in [0.29, 0.717) is 29.9 Å². The number of hydrogen-bond donors (Lipinski definition) is 2. The maximum Gasteiger partial charge on any atom is 0.416 e. The van der Waals surface area contributed by atoms with E-state index >= 15 is 0 Å². The van der Waals surface area contributed by atoms with Gasteiger partial charge in [0.25, 0.3) is 11.8 Å². The SMILES string of the molecule is CC(c1cccc(C(=O)NCCC(=O)O)c1)N1C(=O)C(c2cccc(C(F)(F)F)c2)=NC12CCC(C(C)(C)C)CC2. The molecule has 1 atom stereocenters. The highest BCUT2D eigenvalue weighted by atomic mass is 19.4. The number of carbonyl (C=O) groups is 3. The highest BCUT2D eigenvalue weighted by Gasteiger charge is 2.52. The van der Waals surface area contributed by atoms with Crippen molar-refractivity contribution in [2.75, 3.05) is 6.54 Å². The van der Waals surface area contributed by atoms with Crippen molar-refractivity contribution in [1.82, 2.24) is 10.2 Å². The lowest BCUT2D eigenvalue weighted by atomic mass is 9.69. The van der Waals surface area contributed by atoms with E-state index in [2.05, 4.69) is 26.1 Å². The number of carbonyl (C=O) groups excluding carboxylic acids is 2. The van der Waals surface area contributed by atoms with Gasteiger partial charge in [-0.1, -0.05) is 45.0 Å². The summed E-state index contributed by atoms with van der Waals surface area (Å²) in [7, 11) is 0. The third kappa shape index (κ3) is 6.47. The quantitative estimate of drug-likeness (QED) is 0.411. The number of hydrogen-bond acceptors (Lipinski definition) is 4. The summed E-state index contributed by atoms with van der Waals surface area (Å²) in [6, 6.07) is 10.9. The zero-order valence-electron chi connectivity index (χ0n) is 23.7. The molecule has 2 aromatic rings. The molecule has 10 heteroatoms. The summed E-state index contributed by atoms with van der Waals surface area (Å²) in [5.41, 5.74) is -0.566. The van der Waals surface area contributed by atoms with Crippen LogP contribution in [0.2, 0.25) is 0 Å². The van der Waals surface area contributed by atoms with Gasteiger partial charge in [-0.25, -0.2) is 0 Å². The molecule has 1 spiro atoms. The average Bonchev–Trinajstić information content (AvgIpc) is 3.18. The van der Waals surface area contributed by atoms with Crippen molar-refractivity contribution in [3.63, 3.8) is 0 Å². The van der Waals surface area contributed by atoms with Crippen molar-refractivity contribution in [3.8, 4) is 0 Å². The molecule has 2 amide bonds. The highest BCUT2D eigenvalue weighted by molar-refractivity contribution is 6.46. The average molecular weight is 572 g/mol. The van der Waals surface area contributed by atoms with E-state index in [1.807, 2.05) is 6.92 Å². The van der Waals surface area contributed by atoms with Gasteiger partial charge in [0.1, 0.15) is 11.4 Å². The Balaban J connectivity index is 1.69. The summed E-state index contributed by atoms with van der Waals surface area (Å²) in [6.07, 6.45) is -2.00. The minimum atomic E-state index is -4.56. The van der Waals surface area contributed by atoms with Crippen LogP contribution in [0.1, 0.15) is 92.9 Å². The van der Waals surface area contributed by atoms with Crippen LogP contribution in [-0.2, 0) is 15.8 Å². The normalized spacial score (nSPS) is 22.0. The lowest BCUT2D eigenvalue weighted by molar-refractivity contribution is -0.138. The van der Waals surface area contributed by atoms with Crippen molar-refractivity contribution in [3.05, 3.63) is 70.8 Å². The van der Waals surface area contributed by atoms with Gasteiger partial charge in [0.15, 0.2) is 0 Å². The molecule has 1 unspecified atom stereocenters. The fourth-order valence-electron chi connectivity index (χ4n) is 5.95. The molecule has 2 N–H and O–H groups in total. The molecule has 0 radical (unpaired) electrons. The fraction of sp³-hybridized carbons (Fsp3) is 0.484. The molecule has 0 saturated heterocycles. The molecule has 7 nitrogen and oxygen atoms in total. The number of carboxylic acid groups (broad SMARTS) is 1. The molecule has 1 aliphatic heterocycles. The minimum absolute atomic E-state index is 0.0136. The highest BCUT2D eigenvalue weighted by Crippen LogP contribution is 2.49. The van der Waals surface area contributed by atoms with Gasteiger partial charge < -0.3 is 15.3 Å². The van der Waals surface area contributed by atoms with Crippen molar-refractivity contribution in [1.29, 1.82) is 0 Å². The van der Waals surface area contributed by atoms with Gasteiger partial charge in [-0.3, -0.25) is 19.4 Å². The molecule has 2 aromatic carbocycles. The molecule has 41 heavy (non-hydrogen) atoms. The molecule has 0 bridgehead atoms. The lowest BCUT2D eigenvalue weighted by Crippen LogP contribution is -2.51. The molecule has 1 saturated carbocycles. The molecule has 1 fully saturated rings. The van der Waals surface area contributed by atoms with Crippen molar-refractivity contribution in [2.24, 2.45) is 16.3 Å². The third-order valence-corrected chi connectivity index (χ3v) is 8.31. The van der Waals surface area contributed by atoms with Gasteiger partial charge >= 0.3 is 12.1 Å². The van der Waals surface area contributed by atoms with Crippen LogP contribution in [-0.4, -0.2) is 45.7 Å². The van der Waals surface area contributed by atoms with Crippen LogP contribution in [0.3, 0.4) is 0 Å². The van der Waals surface area contributed by atoms with Gasteiger partial charge in [0, 0.05) is 17.7 Å². The van der Waals surface area contributed by atoms with Crippen molar-refractivity contribution < 1.29 is 32.7 Å². The van der Waals surface area contributed by atoms with Crippen LogP contribution in [0.4, 0.5) is 13.2 Å². The first-order valence-electron chi connectivity index (χ1n) is 13.8. The molecule has 1 heterocycles. The van der Waals surface area contributed by atoms with Crippen molar-refractivity contribution >= 4 is 23.5 Å². The molecule has 220 valence electrons. The smallest absolute Gasteiger partial charge is 0.416 e. The lowest BCUT2D eigenvalue weighted by Gasteiger charge is -2.46. The number of aliphatic carboxylic acids is 1. The van der Waals surface area contributed by atoms with Crippen LogP contribution in [0.25, 0.3) is 0 Å². The Labute approximate surface area is 237 Å². The second kappa shape index (κ2) is 11.3. The number of halogens is 3. The molecule has 0 aromatic heterocycles. The summed E-state index contributed by atoms with van der Waals surface area (Å²) in [6.45, 7) is 8.35. The first-order chi connectivity index (χ1) is 19.1. The topological polar surface area (TPSA) is 99.1 Å². The Kier molecular flexibility index (Phi) is 8.34. The standard InChI is InChI=1S/C31H36F3N3O4/c1-19(20-7-5-9-22(17-20)27(40)35-16-13-25(38)39)37-28(41)26(21-8-6-10-24(18-21)31(32,33)34)36-30(37)14-11-23(12-15-30)29(2,3)4/h5-10,17-19,23H,11-16H2,1-4H3,(H,35,40)(H,38,39). The van der Waals surface area contributed by atoms with Crippen molar-refractivity contribution in [2.45, 2.75) is 77.7 Å². The molecular formula is C31H36F3N3O4. The summed E-state index contributed by atoms with van der Waals surface area (Å²) >= 11 is 0. The summed E-state index contributed by atoms with van der Waals surface area (Å²) in [5.74, 6) is -1.49. The zero-order chi connectivity index (χ0) is 30.2. The predicted molar refractivity (Wildman–Crippen MR) is 148 cm³/mol. The Morgan fingerprint density at radius 1 is 1.10 bits per heavy atom. The monoisotopic (exact) mass is 571 g/mol. The van der Waals surface area contributed by atoms with E-state index in [9.17, 15) is 27.6 Å². The third-order valence-electron chi connectivity index (χ3n) is 8.31. The Bertz CT molecular complexity index is 1350. The number of nitrogens with one attached hydrogen (secondary N) is 1. The van der Waals surface area contributed by atoms with Gasteiger partial charge in [-0.15, -0.1) is 0 Å². The number of carboxylic acids is 1. The molecular weight excluding hydrogens is 535 g/mol. The van der Waals surface area contributed by atoms with Gasteiger partial charge in [0.2, 0.25) is 0 Å². The maximum absolute atomic E-state index is 14.0. The van der Waals surface area contributed by atoms with Gasteiger partial charge in [-0.05, 0) is 73.8 Å². The van der Waals surface area contributed by atoms with Crippen LogP contribution >= 0.6 is 0 Å². The predicted octanol–water partition coefficient (Wildman–Crippen LogP) is 6.24. The van der Waals surface area contributed by atoms with Gasteiger partial charge in [-0.2, -0.15) is 13.2 Å². The van der Waals surface area contributed by atoms with Crippen LogP contribution < -0.4 is 5.32 Å². The zero-order valence-corrected chi connectivity index (χ0v) is 23.7. The largest absolute Gasteiger partial charge is 0.481 e. The van der Waals surface area contributed by atoms with E-state index in [-0.39, 0.29) is 29.7 Å². The molecule has 1 aliphatic carbocycles. The first-order valence-corrected chi connectivity index (χ1v) is 13.8. The molecule has 4 rings (SSSR count). The van der Waals surface area contributed by atoms with Crippen LogP contribution in [0.15, 0.2) is 53.5 Å². The Hall–Kier alpha value is -3.69. The number of nitrogens with zero attached hydrogens (tertiary/aromatic N) is 2. The van der Waals surface area contributed by atoms with E-state index in [1.165, 1.54) is 12.1 Å². The Morgan fingerprint density at radius 2 is 1.76 bits per heavy atom. The number of amides is 2. The second-order valence-corrected chi connectivity index (χ2v) is 12.0. The number of benzene rings is 2. The number of alkyl halides is 3. The maximum atomic E-state index is 14.0. The molecule has 2 aliphatic rings. The van der Waals surface area contributed by atoms with E-state index < -0.39 is 41.2 Å². The van der Waals surface area contributed by atoms with Crippen LogP contribution in [0.5, 0.6) is 0 Å². The summed E-state index contributed by atoms with van der Waals surface area (Å²) in [4.78, 5) is 44.1. The van der Waals surface area contributed by atoms with E-state index in [4.69, 9.17) is 10.1 Å². The summed E-state index contributed by atoms with van der Waals surface area (Å²) < 4.78 is 40.5.